The summed E-state index contributed by atoms with van der Waals surface area (Å²) in [5.41, 5.74) is 5.34. The number of anilines is 1. The Morgan fingerprint density at radius 3 is 2.57 bits per heavy atom. The van der Waals surface area contributed by atoms with Gasteiger partial charge in [0, 0.05) is 37.1 Å². The van der Waals surface area contributed by atoms with Crippen LogP contribution in [0.3, 0.4) is 0 Å². The minimum atomic E-state index is -0.164. The fraction of sp³-hybridized carbons (Fsp3) is 0.0870. The molecule has 5 nitrogen and oxygen atoms in total. The van der Waals surface area contributed by atoms with E-state index in [1.807, 2.05) is 73.8 Å². The smallest absolute Gasteiger partial charge is 0.259 e. The van der Waals surface area contributed by atoms with E-state index in [-0.39, 0.29) is 5.91 Å². The van der Waals surface area contributed by atoms with Gasteiger partial charge in [-0.2, -0.15) is 5.10 Å². The van der Waals surface area contributed by atoms with Gasteiger partial charge in [-0.15, -0.1) is 0 Å². The molecule has 0 aliphatic rings. The van der Waals surface area contributed by atoms with Crippen molar-refractivity contribution >= 4 is 11.6 Å². The lowest BCUT2D eigenvalue weighted by atomic mass is 10.1. The summed E-state index contributed by atoms with van der Waals surface area (Å²) in [5, 5.41) is 7.28. The molecule has 1 amide bonds. The van der Waals surface area contributed by atoms with Crippen molar-refractivity contribution in [1.82, 2.24) is 14.8 Å². The average molecular weight is 368 g/mol. The molecular weight excluding hydrogens is 348 g/mol. The topological polar surface area (TPSA) is 59.8 Å². The quantitative estimate of drug-likeness (QED) is 0.570. The minimum Gasteiger partial charge on any atom is -0.322 e. The molecule has 0 saturated heterocycles. The average Bonchev–Trinajstić information content (AvgIpc) is 3.10. The molecule has 0 atom stereocenters. The lowest BCUT2D eigenvalue weighted by Crippen LogP contribution is -2.14. The standard InChI is InChI=1S/C23H20N4O/c1-27-22(13-17-7-3-2-4-8-17)21(16-25-27)23(28)26-20-11-5-9-18(14-20)19-10-6-12-24-15-19/h2-12,14-16H,13H2,1H3,(H,26,28). The number of carbonyl (C=O) groups excluding carboxylic acids is 1. The second-order valence-electron chi connectivity index (χ2n) is 6.57. The van der Waals surface area contributed by atoms with Crippen molar-refractivity contribution in [2.45, 2.75) is 6.42 Å². The summed E-state index contributed by atoms with van der Waals surface area (Å²) in [6.07, 6.45) is 5.82. The van der Waals surface area contributed by atoms with Crippen LogP contribution >= 0.6 is 0 Å². The van der Waals surface area contributed by atoms with Gasteiger partial charge in [-0.25, -0.2) is 0 Å². The Labute approximate surface area is 163 Å². The van der Waals surface area contributed by atoms with E-state index in [0.717, 1.165) is 28.1 Å². The molecule has 2 aromatic heterocycles. The van der Waals surface area contributed by atoms with Crippen molar-refractivity contribution in [2.75, 3.05) is 5.32 Å². The van der Waals surface area contributed by atoms with Crippen LogP contribution in [0.5, 0.6) is 0 Å². The molecule has 4 aromatic rings. The molecule has 1 N–H and O–H groups in total. The zero-order chi connectivity index (χ0) is 19.3. The van der Waals surface area contributed by atoms with Gasteiger partial charge in [0.15, 0.2) is 0 Å². The van der Waals surface area contributed by atoms with E-state index in [1.165, 1.54) is 0 Å². The van der Waals surface area contributed by atoms with E-state index < -0.39 is 0 Å². The Balaban J connectivity index is 1.57. The highest BCUT2D eigenvalue weighted by molar-refractivity contribution is 6.05. The van der Waals surface area contributed by atoms with Crippen molar-refractivity contribution in [1.29, 1.82) is 0 Å². The molecule has 0 fully saturated rings. The van der Waals surface area contributed by atoms with E-state index in [4.69, 9.17) is 0 Å². The molecule has 0 radical (unpaired) electrons. The predicted octanol–water partition coefficient (Wildman–Crippen LogP) is 4.33. The van der Waals surface area contributed by atoms with Gasteiger partial charge in [0.2, 0.25) is 0 Å². The molecule has 0 saturated carbocycles. The van der Waals surface area contributed by atoms with Gasteiger partial charge < -0.3 is 5.32 Å². The molecule has 2 aromatic carbocycles. The number of aryl methyl sites for hydroxylation is 1. The maximum absolute atomic E-state index is 12.9. The molecule has 2 heterocycles. The van der Waals surface area contributed by atoms with Crippen LogP contribution in [-0.4, -0.2) is 20.7 Å². The molecule has 4 rings (SSSR count). The first kappa shape index (κ1) is 17.7. The minimum absolute atomic E-state index is 0.164. The van der Waals surface area contributed by atoms with E-state index >= 15 is 0 Å². The lowest BCUT2D eigenvalue weighted by molar-refractivity contribution is 0.102. The first-order valence-corrected chi connectivity index (χ1v) is 9.07. The van der Waals surface area contributed by atoms with E-state index in [2.05, 4.69) is 15.4 Å². The van der Waals surface area contributed by atoms with Crippen LogP contribution in [0.1, 0.15) is 21.6 Å². The van der Waals surface area contributed by atoms with Gasteiger partial charge in [-0.05, 0) is 29.3 Å². The fourth-order valence-electron chi connectivity index (χ4n) is 3.16. The van der Waals surface area contributed by atoms with Crippen LogP contribution in [-0.2, 0) is 13.5 Å². The van der Waals surface area contributed by atoms with Crippen LogP contribution in [0.15, 0.2) is 85.3 Å². The lowest BCUT2D eigenvalue weighted by Gasteiger charge is -2.09. The van der Waals surface area contributed by atoms with E-state index in [1.54, 1.807) is 23.3 Å². The number of benzene rings is 2. The molecule has 138 valence electrons. The highest BCUT2D eigenvalue weighted by Gasteiger charge is 2.17. The molecular formula is C23H20N4O. The molecule has 5 heteroatoms. The van der Waals surface area contributed by atoms with Crippen molar-refractivity contribution in [3.05, 3.63) is 102 Å². The Kier molecular flexibility index (Phi) is 4.97. The SMILES string of the molecule is Cn1ncc(C(=O)Nc2cccc(-c3cccnc3)c2)c1Cc1ccccc1. The number of rotatable bonds is 5. The molecule has 0 aliphatic heterocycles. The fourth-order valence-corrected chi connectivity index (χ4v) is 3.16. The highest BCUT2D eigenvalue weighted by Crippen LogP contribution is 2.22. The number of aromatic nitrogens is 3. The van der Waals surface area contributed by atoms with E-state index in [9.17, 15) is 4.79 Å². The number of hydrogen-bond donors (Lipinski definition) is 1. The number of nitrogens with zero attached hydrogens (tertiary/aromatic N) is 3. The molecule has 0 bridgehead atoms. The van der Waals surface area contributed by atoms with Crippen molar-refractivity contribution in [3.63, 3.8) is 0 Å². The summed E-state index contributed by atoms with van der Waals surface area (Å²) in [5.74, 6) is -0.164. The Bertz CT molecular complexity index is 1090. The van der Waals surface area contributed by atoms with Gasteiger partial charge in [0.1, 0.15) is 0 Å². The Morgan fingerprint density at radius 1 is 0.964 bits per heavy atom. The maximum atomic E-state index is 12.9. The Hall–Kier alpha value is -3.73. The second kappa shape index (κ2) is 7.88. The van der Waals surface area contributed by atoms with Gasteiger partial charge in [-0.1, -0.05) is 48.5 Å². The zero-order valence-corrected chi connectivity index (χ0v) is 15.5. The van der Waals surface area contributed by atoms with Crippen LogP contribution in [0, 0.1) is 0 Å². The summed E-state index contributed by atoms with van der Waals surface area (Å²) in [7, 11) is 1.86. The second-order valence-corrected chi connectivity index (χ2v) is 6.57. The number of nitrogens with one attached hydrogen (secondary N) is 1. The van der Waals surface area contributed by atoms with Gasteiger partial charge in [0.25, 0.3) is 5.91 Å². The summed E-state index contributed by atoms with van der Waals surface area (Å²) < 4.78 is 1.76. The molecule has 28 heavy (non-hydrogen) atoms. The van der Waals surface area contributed by atoms with Crippen LogP contribution in [0.25, 0.3) is 11.1 Å². The zero-order valence-electron chi connectivity index (χ0n) is 15.5. The normalized spacial score (nSPS) is 10.6. The third-order valence-electron chi connectivity index (χ3n) is 4.64. The number of pyridine rings is 1. The first-order valence-electron chi connectivity index (χ1n) is 9.07. The summed E-state index contributed by atoms with van der Waals surface area (Å²) in [6.45, 7) is 0. The summed E-state index contributed by atoms with van der Waals surface area (Å²) in [6, 6.07) is 21.7. The number of carbonyl (C=O) groups is 1. The summed E-state index contributed by atoms with van der Waals surface area (Å²) >= 11 is 0. The monoisotopic (exact) mass is 368 g/mol. The van der Waals surface area contributed by atoms with Crippen molar-refractivity contribution in [3.8, 4) is 11.1 Å². The van der Waals surface area contributed by atoms with Crippen molar-refractivity contribution < 1.29 is 4.79 Å². The first-order chi connectivity index (χ1) is 13.7. The third kappa shape index (κ3) is 3.83. The van der Waals surface area contributed by atoms with Crippen LogP contribution in [0.4, 0.5) is 5.69 Å². The largest absolute Gasteiger partial charge is 0.322 e. The van der Waals surface area contributed by atoms with E-state index in [0.29, 0.717) is 12.0 Å². The summed E-state index contributed by atoms with van der Waals surface area (Å²) in [4.78, 5) is 17.1. The number of amides is 1. The third-order valence-corrected chi connectivity index (χ3v) is 4.64. The van der Waals surface area contributed by atoms with Gasteiger partial charge >= 0.3 is 0 Å². The molecule has 0 spiro atoms. The van der Waals surface area contributed by atoms with Crippen LogP contribution in [0.2, 0.25) is 0 Å². The maximum Gasteiger partial charge on any atom is 0.259 e. The van der Waals surface area contributed by atoms with Gasteiger partial charge in [0.05, 0.1) is 17.5 Å². The van der Waals surface area contributed by atoms with Crippen LogP contribution < -0.4 is 5.32 Å². The molecule has 0 unspecified atom stereocenters. The van der Waals surface area contributed by atoms with Crippen molar-refractivity contribution in [2.24, 2.45) is 7.05 Å². The van der Waals surface area contributed by atoms with Gasteiger partial charge in [-0.3, -0.25) is 14.5 Å². The number of hydrogen-bond acceptors (Lipinski definition) is 3. The predicted molar refractivity (Wildman–Crippen MR) is 110 cm³/mol. The molecule has 0 aliphatic carbocycles. The Morgan fingerprint density at radius 2 is 1.79 bits per heavy atom. The highest BCUT2D eigenvalue weighted by atomic mass is 16.1.